The maximum atomic E-state index is 13.3. The van der Waals surface area contributed by atoms with E-state index in [1.807, 2.05) is 26.0 Å². The Hall–Kier alpha value is -2.58. The van der Waals surface area contributed by atoms with Crippen molar-refractivity contribution in [3.8, 4) is 11.5 Å². The molecule has 2 aromatic rings. The molecule has 8 heteroatoms. The first-order valence-corrected chi connectivity index (χ1v) is 13.3. The third kappa shape index (κ3) is 5.55. The van der Waals surface area contributed by atoms with Crippen molar-refractivity contribution in [2.75, 3.05) is 27.3 Å². The summed E-state index contributed by atoms with van der Waals surface area (Å²) in [6.07, 6.45) is 3.00. The number of nitrogens with zero attached hydrogens (tertiary/aromatic N) is 1. The summed E-state index contributed by atoms with van der Waals surface area (Å²) in [5.74, 6) is 1.19. The number of hydrogen-bond acceptors (Lipinski definition) is 5. The highest BCUT2D eigenvalue weighted by Gasteiger charge is 2.26. The zero-order valence-electron chi connectivity index (χ0n) is 21.0. The van der Waals surface area contributed by atoms with Gasteiger partial charge in [0.25, 0.3) is 5.91 Å². The summed E-state index contributed by atoms with van der Waals surface area (Å²) in [4.78, 5) is 14.9. The van der Waals surface area contributed by atoms with Gasteiger partial charge >= 0.3 is 0 Å². The van der Waals surface area contributed by atoms with Gasteiger partial charge in [0.2, 0.25) is 10.0 Å². The van der Waals surface area contributed by atoms with Crippen molar-refractivity contribution in [3.63, 3.8) is 0 Å². The molecule has 1 heterocycles. The lowest BCUT2D eigenvalue weighted by atomic mass is 9.94. The number of methoxy groups -OCH3 is 2. The molecule has 1 N–H and O–H groups in total. The number of amides is 1. The van der Waals surface area contributed by atoms with E-state index in [0.717, 1.165) is 41.7 Å². The van der Waals surface area contributed by atoms with Crippen molar-refractivity contribution in [2.24, 2.45) is 0 Å². The molecule has 0 bridgehead atoms. The van der Waals surface area contributed by atoms with Crippen LogP contribution in [0.4, 0.5) is 0 Å². The lowest BCUT2D eigenvalue weighted by Crippen LogP contribution is -2.36. The maximum Gasteiger partial charge on any atom is 0.257 e. The van der Waals surface area contributed by atoms with Gasteiger partial charge in [0.05, 0.1) is 24.7 Å². The van der Waals surface area contributed by atoms with E-state index < -0.39 is 16.1 Å². The highest BCUT2D eigenvalue weighted by molar-refractivity contribution is 7.89. The molecule has 0 unspecified atom stereocenters. The van der Waals surface area contributed by atoms with Gasteiger partial charge in [-0.3, -0.25) is 4.79 Å². The van der Waals surface area contributed by atoms with Gasteiger partial charge in [-0.1, -0.05) is 13.8 Å². The van der Waals surface area contributed by atoms with Crippen LogP contribution in [0.2, 0.25) is 0 Å². The normalized spacial score (nSPS) is 15.3. The zero-order valence-corrected chi connectivity index (χ0v) is 21.8. The third-order valence-electron chi connectivity index (χ3n) is 6.39. The van der Waals surface area contributed by atoms with Crippen LogP contribution in [0.15, 0.2) is 35.2 Å². The van der Waals surface area contributed by atoms with Crippen LogP contribution in [-0.4, -0.2) is 46.5 Å². The van der Waals surface area contributed by atoms with E-state index in [9.17, 15) is 13.2 Å². The fourth-order valence-corrected chi connectivity index (χ4v) is 5.71. The molecule has 0 aliphatic carbocycles. The molecule has 0 aromatic heterocycles. The van der Waals surface area contributed by atoms with E-state index >= 15 is 0 Å². The average molecular weight is 489 g/mol. The molecule has 1 aliphatic rings. The second-order valence-electron chi connectivity index (χ2n) is 9.16. The Bertz CT molecular complexity index is 1140. The van der Waals surface area contributed by atoms with Crippen LogP contribution in [0.5, 0.6) is 11.5 Å². The molecule has 7 nitrogen and oxygen atoms in total. The molecule has 3 rings (SSSR count). The minimum absolute atomic E-state index is 0.0377. The highest BCUT2D eigenvalue weighted by atomic mass is 32.2. The molecule has 1 saturated heterocycles. The van der Waals surface area contributed by atoms with E-state index in [0.29, 0.717) is 18.8 Å². The summed E-state index contributed by atoms with van der Waals surface area (Å²) >= 11 is 0. The number of benzene rings is 2. The number of sulfonamides is 1. The molecular formula is C26H36N2O5S. The molecule has 186 valence electrons. The number of carbonyl (C=O) groups excluding carboxylic acids is 1. The summed E-state index contributed by atoms with van der Waals surface area (Å²) in [6.45, 7) is 9.25. The summed E-state index contributed by atoms with van der Waals surface area (Å²) in [5.41, 5.74) is 3.11. The number of ether oxygens (including phenoxy) is 2. The summed E-state index contributed by atoms with van der Waals surface area (Å²) in [7, 11) is -0.773. The van der Waals surface area contributed by atoms with Crippen LogP contribution >= 0.6 is 0 Å². The van der Waals surface area contributed by atoms with Crippen molar-refractivity contribution < 1.29 is 22.7 Å². The van der Waals surface area contributed by atoms with E-state index in [1.165, 1.54) is 19.2 Å². The lowest BCUT2D eigenvalue weighted by Gasteiger charge is -2.27. The molecule has 0 radical (unpaired) electrons. The van der Waals surface area contributed by atoms with E-state index in [-0.39, 0.29) is 22.3 Å². The minimum Gasteiger partial charge on any atom is -0.496 e. The fraction of sp³-hybridized carbons (Fsp3) is 0.500. The number of likely N-dealkylation sites (tertiary alicyclic amines) is 1. The number of hydrogen-bond donors (Lipinski definition) is 1. The molecule has 0 saturated carbocycles. The van der Waals surface area contributed by atoms with Crippen LogP contribution in [0.3, 0.4) is 0 Å². The van der Waals surface area contributed by atoms with Crippen molar-refractivity contribution in [2.45, 2.75) is 63.8 Å². The Balaban J connectivity index is 1.92. The Morgan fingerprint density at radius 1 is 0.941 bits per heavy atom. The Kier molecular flexibility index (Phi) is 8.25. The largest absolute Gasteiger partial charge is 0.496 e. The number of piperidine rings is 1. The number of rotatable bonds is 8. The van der Waals surface area contributed by atoms with Crippen molar-refractivity contribution in [1.82, 2.24) is 9.62 Å². The number of aryl methyl sites for hydroxylation is 1. The summed E-state index contributed by atoms with van der Waals surface area (Å²) in [5, 5.41) is 0. The minimum atomic E-state index is -3.89. The topological polar surface area (TPSA) is 84.9 Å². The van der Waals surface area contributed by atoms with Crippen molar-refractivity contribution >= 4 is 15.9 Å². The fourth-order valence-electron chi connectivity index (χ4n) is 4.46. The highest BCUT2D eigenvalue weighted by Crippen LogP contribution is 2.33. The lowest BCUT2D eigenvalue weighted by molar-refractivity contribution is 0.0720. The van der Waals surface area contributed by atoms with Crippen LogP contribution in [0.25, 0.3) is 0 Å². The Morgan fingerprint density at radius 2 is 1.59 bits per heavy atom. The summed E-state index contributed by atoms with van der Waals surface area (Å²) < 4.78 is 40.3. The molecular weight excluding hydrogens is 452 g/mol. The first-order valence-electron chi connectivity index (χ1n) is 11.8. The van der Waals surface area contributed by atoms with Crippen LogP contribution < -0.4 is 14.2 Å². The van der Waals surface area contributed by atoms with Gasteiger partial charge in [-0.2, -0.15) is 0 Å². The molecule has 1 aliphatic heterocycles. The predicted octanol–water partition coefficient (Wildman–Crippen LogP) is 4.80. The first-order chi connectivity index (χ1) is 16.1. The third-order valence-corrected chi connectivity index (χ3v) is 7.93. The van der Waals surface area contributed by atoms with Gasteiger partial charge in [-0.15, -0.1) is 0 Å². The van der Waals surface area contributed by atoms with Gasteiger partial charge in [0, 0.05) is 19.1 Å². The smallest absolute Gasteiger partial charge is 0.257 e. The molecule has 34 heavy (non-hydrogen) atoms. The SMILES string of the molecule is COc1ccc(S(=O)(=O)N[C@@H](C)c2cc(C(C)C)c(OC)cc2C)cc1C(=O)N1CCCCC1. The van der Waals surface area contributed by atoms with Gasteiger partial charge < -0.3 is 14.4 Å². The van der Waals surface area contributed by atoms with Gasteiger partial charge in [0.15, 0.2) is 0 Å². The van der Waals surface area contributed by atoms with Gasteiger partial charge in [0.1, 0.15) is 11.5 Å². The molecule has 2 aromatic carbocycles. The quantitative estimate of drug-likeness (QED) is 0.577. The number of nitrogens with one attached hydrogen (secondary N) is 1. The van der Waals surface area contributed by atoms with Crippen LogP contribution in [-0.2, 0) is 10.0 Å². The van der Waals surface area contributed by atoms with Crippen LogP contribution in [0, 0.1) is 6.92 Å². The Labute approximate surface area is 203 Å². The van der Waals surface area contributed by atoms with E-state index in [1.54, 1.807) is 18.1 Å². The summed E-state index contributed by atoms with van der Waals surface area (Å²) in [6, 6.07) is 7.92. The maximum absolute atomic E-state index is 13.3. The second kappa shape index (κ2) is 10.8. The zero-order chi connectivity index (χ0) is 25.0. The molecule has 1 atom stereocenters. The monoisotopic (exact) mass is 488 g/mol. The van der Waals surface area contributed by atoms with E-state index in [2.05, 4.69) is 18.6 Å². The predicted molar refractivity (Wildman–Crippen MR) is 133 cm³/mol. The van der Waals surface area contributed by atoms with Gasteiger partial charge in [-0.05, 0) is 86.1 Å². The van der Waals surface area contributed by atoms with Crippen LogP contribution in [0.1, 0.15) is 79.0 Å². The standard InChI is InChI=1S/C26H36N2O5S/c1-17(2)21-16-22(18(3)14-25(21)33-6)19(4)27-34(30,31)20-10-11-24(32-5)23(15-20)26(29)28-12-8-7-9-13-28/h10-11,14-17,19,27H,7-9,12-13H2,1-6H3/t19-/m0/s1. The first kappa shape index (κ1) is 26.0. The molecule has 0 spiro atoms. The second-order valence-corrected chi connectivity index (χ2v) is 10.9. The number of carbonyl (C=O) groups is 1. The van der Waals surface area contributed by atoms with Crippen molar-refractivity contribution in [3.05, 3.63) is 52.6 Å². The molecule has 1 amide bonds. The average Bonchev–Trinajstić information content (AvgIpc) is 2.82. The van der Waals surface area contributed by atoms with Crippen molar-refractivity contribution in [1.29, 1.82) is 0 Å². The Morgan fingerprint density at radius 3 is 2.18 bits per heavy atom. The molecule has 1 fully saturated rings. The van der Waals surface area contributed by atoms with E-state index in [4.69, 9.17) is 9.47 Å². The van der Waals surface area contributed by atoms with Gasteiger partial charge in [-0.25, -0.2) is 13.1 Å².